The standard InChI is InChI=1S/C21H12FN5O2S/c22-14-3-1-12(2-4-14)17-6-5-15(29-17)11-16-18(23)27-21(25-19(16)28)30-20(26-27)13-7-9-24-10-8-13/h1-11,23H/b16-11+,23-18?. The van der Waals surface area contributed by atoms with Gasteiger partial charge < -0.3 is 4.42 Å². The van der Waals surface area contributed by atoms with Crippen LogP contribution in [0.1, 0.15) is 11.3 Å². The zero-order chi connectivity index (χ0) is 20.7. The highest BCUT2D eigenvalue weighted by molar-refractivity contribution is 8.27. The summed E-state index contributed by atoms with van der Waals surface area (Å²) in [6, 6.07) is 12.9. The van der Waals surface area contributed by atoms with E-state index in [0.717, 1.165) is 5.56 Å². The van der Waals surface area contributed by atoms with Gasteiger partial charge in [0.15, 0.2) is 5.84 Å². The molecule has 7 nitrogen and oxygen atoms in total. The lowest BCUT2D eigenvalue weighted by molar-refractivity contribution is -0.114. The van der Waals surface area contributed by atoms with Crippen LogP contribution in [0.3, 0.4) is 0 Å². The van der Waals surface area contributed by atoms with Crippen molar-refractivity contribution < 1.29 is 13.6 Å². The van der Waals surface area contributed by atoms with Crippen molar-refractivity contribution in [2.45, 2.75) is 0 Å². The Morgan fingerprint density at radius 1 is 1.03 bits per heavy atom. The number of furan rings is 1. The smallest absolute Gasteiger partial charge is 0.283 e. The highest BCUT2D eigenvalue weighted by Gasteiger charge is 2.36. The van der Waals surface area contributed by atoms with E-state index in [2.05, 4.69) is 15.1 Å². The molecule has 0 fully saturated rings. The number of nitrogens with one attached hydrogen (secondary N) is 1. The van der Waals surface area contributed by atoms with Crippen LogP contribution in [0.5, 0.6) is 0 Å². The highest BCUT2D eigenvalue weighted by Crippen LogP contribution is 2.31. The second-order valence-corrected chi connectivity index (χ2v) is 7.33. The molecule has 1 amide bonds. The van der Waals surface area contributed by atoms with Gasteiger partial charge in [-0.1, -0.05) is 0 Å². The number of carbonyl (C=O) groups is 1. The molecule has 0 atom stereocenters. The van der Waals surface area contributed by atoms with E-state index >= 15 is 0 Å². The van der Waals surface area contributed by atoms with Gasteiger partial charge in [0, 0.05) is 23.5 Å². The number of amides is 1. The fourth-order valence-electron chi connectivity index (χ4n) is 2.95. The summed E-state index contributed by atoms with van der Waals surface area (Å²) >= 11 is 1.22. The van der Waals surface area contributed by atoms with Crippen LogP contribution in [-0.4, -0.2) is 31.9 Å². The van der Waals surface area contributed by atoms with Gasteiger partial charge in [-0.15, -0.1) is 0 Å². The Kier molecular flexibility index (Phi) is 4.36. The largest absolute Gasteiger partial charge is 0.457 e. The molecule has 0 unspecified atom stereocenters. The molecule has 2 aromatic heterocycles. The van der Waals surface area contributed by atoms with Crippen LogP contribution in [0.4, 0.5) is 4.39 Å². The fraction of sp³-hybridized carbons (Fsp3) is 0. The van der Waals surface area contributed by atoms with Crippen molar-refractivity contribution in [3.05, 3.63) is 83.6 Å². The second-order valence-electron chi connectivity index (χ2n) is 6.37. The van der Waals surface area contributed by atoms with Crippen LogP contribution in [0.2, 0.25) is 0 Å². The quantitative estimate of drug-likeness (QED) is 0.646. The predicted octanol–water partition coefficient (Wildman–Crippen LogP) is 4.15. The molecule has 5 rings (SSSR count). The lowest BCUT2D eigenvalue weighted by Gasteiger charge is -2.19. The number of nitrogens with zero attached hydrogens (tertiary/aromatic N) is 4. The van der Waals surface area contributed by atoms with Crippen molar-refractivity contribution in [3.8, 4) is 11.3 Å². The van der Waals surface area contributed by atoms with Gasteiger partial charge in [0.25, 0.3) is 5.91 Å². The summed E-state index contributed by atoms with van der Waals surface area (Å²) < 4.78 is 18.9. The first-order chi connectivity index (χ1) is 14.6. The first-order valence-corrected chi connectivity index (χ1v) is 9.66. The average molecular weight is 417 g/mol. The maximum atomic E-state index is 13.1. The summed E-state index contributed by atoms with van der Waals surface area (Å²) in [6.45, 7) is 0. The van der Waals surface area contributed by atoms with Crippen LogP contribution >= 0.6 is 11.8 Å². The normalized spacial score (nSPS) is 17.2. The number of hydrogen-bond acceptors (Lipinski definition) is 6. The van der Waals surface area contributed by atoms with Gasteiger partial charge in [-0.3, -0.25) is 15.2 Å². The van der Waals surface area contributed by atoms with Gasteiger partial charge >= 0.3 is 0 Å². The Bertz CT molecular complexity index is 1260. The first kappa shape index (κ1) is 18.2. The predicted molar refractivity (Wildman–Crippen MR) is 112 cm³/mol. The van der Waals surface area contributed by atoms with Gasteiger partial charge in [0.05, 0.1) is 5.57 Å². The van der Waals surface area contributed by atoms with E-state index in [1.54, 1.807) is 48.8 Å². The molecule has 0 saturated heterocycles. The van der Waals surface area contributed by atoms with E-state index in [0.29, 0.717) is 27.3 Å². The van der Waals surface area contributed by atoms with Crippen molar-refractivity contribution in [1.82, 2.24) is 9.99 Å². The summed E-state index contributed by atoms with van der Waals surface area (Å²) in [5.74, 6) is -0.0505. The van der Waals surface area contributed by atoms with Gasteiger partial charge in [0.2, 0.25) is 5.17 Å². The molecule has 3 aromatic rings. The van der Waals surface area contributed by atoms with Crippen LogP contribution in [0, 0.1) is 11.2 Å². The third-order valence-electron chi connectivity index (χ3n) is 4.42. The van der Waals surface area contributed by atoms with Crippen LogP contribution in [0.25, 0.3) is 17.4 Å². The van der Waals surface area contributed by atoms with E-state index in [1.807, 2.05) is 0 Å². The summed E-state index contributed by atoms with van der Waals surface area (Å²) in [7, 11) is 0. The molecule has 2 aliphatic heterocycles. The third kappa shape index (κ3) is 3.25. The van der Waals surface area contributed by atoms with Crippen LogP contribution in [-0.2, 0) is 4.79 Å². The van der Waals surface area contributed by atoms with Crippen LogP contribution in [0.15, 0.2) is 81.0 Å². The fourth-order valence-corrected chi connectivity index (χ4v) is 3.84. The maximum absolute atomic E-state index is 13.1. The zero-order valence-corrected chi connectivity index (χ0v) is 16.1. The number of amidine groups is 2. The number of aliphatic imine (C=N–C) groups is 1. The first-order valence-electron chi connectivity index (χ1n) is 8.85. The summed E-state index contributed by atoms with van der Waals surface area (Å²) in [4.78, 5) is 20.6. The lowest BCUT2D eigenvalue weighted by atomic mass is 10.1. The lowest BCUT2D eigenvalue weighted by Crippen LogP contribution is -2.35. The highest BCUT2D eigenvalue weighted by atomic mass is 32.2. The van der Waals surface area contributed by atoms with Gasteiger partial charge in [0.1, 0.15) is 22.4 Å². The number of rotatable bonds is 3. The summed E-state index contributed by atoms with van der Waals surface area (Å²) in [5, 5.41) is 15.2. The summed E-state index contributed by atoms with van der Waals surface area (Å²) in [6.07, 6.45) is 4.76. The minimum atomic E-state index is -0.537. The number of aromatic nitrogens is 1. The second kappa shape index (κ2) is 7.20. The Morgan fingerprint density at radius 3 is 2.57 bits per heavy atom. The van der Waals surface area contributed by atoms with E-state index in [1.165, 1.54) is 35.0 Å². The minimum absolute atomic E-state index is 0.0686. The summed E-state index contributed by atoms with van der Waals surface area (Å²) in [5.41, 5.74) is 1.60. The van der Waals surface area contributed by atoms with Gasteiger partial charge in [-0.2, -0.15) is 15.1 Å². The Morgan fingerprint density at radius 2 is 1.80 bits per heavy atom. The molecule has 0 spiro atoms. The number of carbonyl (C=O) groups excluding carboxylic acids is 1. The molecule has 1 N–H and O–H groups in total. The Balaban J connectivity index is 1.44. The monoisotopic (exact) mass is 417 g/mol. The topological polar surface area (TPSA) is 94.9 Å². The van der Waals surface area contributed by atoms with Crippen molar-refractivity contribution in [2.24, 2.45) is 10.1 Å². The molecular weight excluding hydrogens is 405 g/mol. The number of halogens is 1. The molecule has 30 heavy (non-hydrogen) atoms. The minimum Gasteiger partial charge on any atom is -0.457 e. The molecular formula is C21H12FN5O2S. The molecule has 0 aliphatic carbocycles. The molecule has 146 valence electrons. The Labute approximate surface area is 174 Å². The van der Waals surface area contributed by atoms with E-state index in [-0.39, 0.29) is 17.2 Å². The third-order valence-corrected chi connectivity index (χ3v) is 5.38. The van der Waals surface area contributed by atoms with Crippen molar-refractivity contribution in [1.29, 1.82) is 5.41 Å². The number of pyridine rings is 1. The zero-order valence-electron chi connectivity index (χ0n) is 15.2. The SMILES string of the molecule is N=C1/C(=C\c2ccc(-c3ccc(F)cc3)o2)C(=O)N=C2SC(c3ccncc3)=NN12. The number of benzene rings is 1. The number of hydrogen-bond donors (Lipinski definition) is 1. The van der Waals surface area contributed by atoms with Gasteiger partial charge in [-0.05, 0) is 66.4 Å². The number of fused-ring (bicyclic) bond motifs is 1. The van der Waals surface area contributed by atoms with Crippen molar-refractivity contribution in [2.75, 3.05) is 0 Å². The van der Waals surface area contributed by atoms with E-state index in [4.69, 9.17) is 9.83 Å². The number of thioether (sulfide) groups is 1. The number of hydrazone groups is 1. The van der Waals surface area contributed by atoms with Crippen molar-refractivity contribution in [3.63, 3.8) is 0 Å². The van der Waals surface area contributed by atoms with Crippen LogP contribution < -0.4 is 0 Å². The van der Waals surface area contributed by atoms with Crippen molar-refractivity contribution >= 4 is 39.8 Å². The van der Waals surface area contributed by atoms with Gasteiger partial charge in [-0.25, -0.2) is 4.39 Å². The average Bonchev–Trinajstić information content (AvgIpc) is 3.40. The molecule has 4 heterocycles. The molecule has 2 aliphatic rings. The molecule has 0 bridgehead atoms. The molecule has 9 heteroatoms. The van der Waals surface area contributed by atoms with E-state index in [9.17, 15) is 9.18 Å². The molecule has 0 saturated carbocycles. The molecule has 0 radical (unpaired) electrons. The van der Waals surface area contributed by atoms with E-state index < -0.39 is 5.91 Å². The molecule has 1 aromatic carbocycles. The Hall–Kier alpha value is -3.85. The maximum Gasteiger partial charge on any atom is 0.283 e.